The van der Waals surface area contributed by atoms with Gasteiger partial charge in [-0.05, 0) is 18.6 Å². The van der Waals surface area contributed by atoms with Gasteiger partial charge in [-0.15, -0.1) is 0 Å². The van der Waals surface area contributed by atoms with Gasteiger partial charge in [0.2, 0.25) is 0 Å². The molecule has 0 amide bonds. The van der Waals surface area contributed by atoms with Gasteiger partial charge >= 0.3 is 124 Å². The van der Waals surface area contributed by atoms with Crippen LogP contribution in [0, 0.1) is 6.92 Å². The Kier molecular flexibility index (Phi) is 9.93. The molecule has 0 spiro atoms. The normalized spacial score (nSPS) is 11.4. The molecule has 0 aliphatic rings. The van der Waals surface area contributed by atoms with E-state index in [0.717, 1.165) is 0 Å². The summed E-state index contributed by atoms with van der Waals surface area (Å²) in [5.41, 5.74) is 0.230. The van der Waals surface area contributed by atoms with Crippen LogP contribution in [-0.4, -0.2) is 26.5 Å². The molecule has 0 saturated heterocycles. The van der Waals surface area contributed by atoms with Crippen molar-refractivity contribution in [3.8, 4) is 11.5 Å². The molecule has 0 fully saturated rings. The van der Waals surface area contributed by atoms with Gasteiger partial charge in [0.05, 0.1) is 0 Å². The summed E-state index contributed by atoms with van der Waals surface area (Å²) in [6.45, 7) is 1.45. The second-order valence-electron chi connectivity index (χ2n) is 4.07. The zero-order valence-electron chi connectivity index (χ0n) is 14.5. The molecular weight excluding hydrogens is 402 g/mol. The van der Waals surface area contributed by atoms with Gasteiger partial charge in [0.1, 0.15) is 5.75 Å². The van der Waals surface area contributed by atoms with Gasteiger partial charge in [0, 0.05) is 10.8 Å². The molecule has 2 aromatic carbocycles. The van der Waals surface area contributed by atoms with Crippen molar-refractivity contribution in [2.24, 2.45) is 0 Å². The molecule has 2 aromatic rings. The maximum absolute atomic E-state index is 11.5. The van der Waals surface area contributed by atoms with Crippen molar-refractivity contribution in [2.45, 2.75) is 6.92 Å². The van der Waals surface area contributed by atoms with Crippen LogP contribution in [0.15, 0.2) is 30.3 Å². The van der Waals surface area contributed by atoms with Gasteiger partial charge in [0.25, 0.3) is 0 Å². The summed E-state index contributed by atoms with van der Waals surface area (Å²) in [6.07, 6.45) is 0. The Morgan fingerprint density at radius 2 is 1.57 bits per heavy atom. The molecular formula is C11H12K2O8S2. The van der Waals surface area contributed by atoms with E-state index >= 15 is 0 Å². The summed E-state index contributed by atoms with van der Waals surface area (Å²) in [6, 6.07) is 7.43. The van der Waals surface area contributed by atoms with Crippen molar-refractivity contribution in [1.82, 2.24) is 0 Å². The first-order chi connectivity index (χ1) is 9.59. The minimum atomic E-state index is -5.24. The Hall–Kier alpha value is 1.39. The third-order valence-electron chi connectivity index (χ3n) is 2.51. The fraction of sp³-hybridized carbons (Fsp3) is 0.0909. The van der Waals surface area contributed by atoms with E-state index in [9.17, 15) is 21.9 Å². The Morgan fingerprint density at radius 1 is 1.04 bits per heavy atom. The monoisotopic (exact) mass is 414 g/mol. The molecule has 0 heterocycles. The largest absolute Gasteiger partial charge is 1.00 e. The number of hydrogen-bond acceptors (Lipinski definition) is 7. The number of rotatable bonds is 4. The Balaban J connectivity index is -0.00000121. The van der Waals surface area contributed by atoms with Gasteiger partial charge < -0.3 is 12.1 Å². The molecule has 2 N–H and O–H groups in total. The molecule has 0 aliphatic heterocycles. The zero-order valence-corrected chi connectivity index (χ0v) is 20.4. The standard InChI is InChI=1S/C11H10O8S2.2K.2H/c1-7-6-10(12)8-4-2-3-5-9(8)11(7)18-21(16,17)19-20(13,14)15;;;;/h2-6,12H,1H3,(H,13,14,15);;;;/q;2*+1;2*-1. The van der Waals surface area contributed by atoms with Gasteiger partial charge in [0.15, 0.2) is 5.75 Å². The fourth-order valence-electron chi connectivity index (χ4n) is 1.80. The fourth-order valence-corrected chi connectivity index (χ4v) is 3.18. The number of phenolic OH excluding ortho intramolecular Hbond substituents is 1. The summed E-state index contributed by atoms with van der Waals surface area (Å²) >= 11 is 0. The minimum absolute atomic E-state index is 0. The first-order valence-corrected chi connectivity index (χ1v) is 8.13. The van der Waals surface area contributed by atoms with Crippen LogP contribution in [0.4, 0.5) is 0 Å². The summed E-state index contributed by atoms with van der Waals surface area (Å²) < 4.78 is 60.3. The van der Waals surface area contributed by atoms with E-state index in [1.165, 1.54) is 25.1 Å². The molecule has 0 aliphatic carbocycles. The van der Waals surface area contributed by atoms with Crippen molar-refractivity contribution in [1.29, 1.82) is 0 Å². The predicted molar refractivity (Wildman–Crippen MR) is 74.8 cm³/mol. The number of hydrogen-bond donors (Lipinski definition) is 2. The number of benzene rings is 2. The SMILES string of the molecule is Cc1cc(O)c2ccccc2c1OS(=O)(=O)OS(=O)(=O)O.[H-].[H-].[K+].[K+]. The molecule has 118 valence electrons. The molecule has 2 rings (SSSR count). The van der Waals surface area contributed by atoms with E-state index in [2.05, 4.69) is 7.81 Å². The maximum atomic E-state index is 11.5. The molecule has 12 heteroatoms. The Labute approximate surface area is 221 Å². The van der Waals surface area contributed by atoms with Gasteiger partial charge in [-0.1, -0.05) is 27.9 Å². The molecule has 8 nitrogen and oxygen atoms in total. The predicted octanol–water partition coefficient (Wildman–Crippen LogP) is -4.47. The first kappa shape index (κ1) is 24.4. The second kappa shape index (κ2) is 9.36. The average molecular weight is 415 g/mol. The number of aryl methyl sites for hydroxylation is 1. The van der Waals surface area contributed by atoms with E-state index in [4.69, 9.17) is 4.55 Å². The second-order valence-corrected chi connectivity index (χ2v) is 6.46. The number of aromatic hydroxyl groups is 1. The van der Waals surface area contributed by atoms with E-state index in [-0.39, 0.29) is 128 Å². The molecule has 0 aromatic heterocycles. The topological polar surface area (TPSA) is 127 Å². The molecule has 0 unspecified atom stereocenters. The van der Waals surface area contributed by atoms with Crippen LogP contribution in [-0.2, 0) is 24.4 Å². The van der Waals surface area contributed by atoms with E-state index in [0.29, 0.717) is 5.39 Å². The maximum Gasteiger partial charge on any atom is 1.00 e. The number of phenols is 1. The van der Waals surface area contributed by atoms with Crippen LogP contribution >= 0.6 is 0 Å². The minimum Gasteiger partial charge on any atom is -1.00 e. The molecule has 0 radical (unpaired) electrons. The van der Waals surface area contributed by atoms with Crippen LogP contribution in [0.1, 0.15) is 8.42 Å². The van der Waals surface area contributed by atoms with Crippen molar-refractivity contribution in [3.05, 3.63) is 35.9 Å². The summed E-state index contributed by atoms with van der Waals surface area (Å²) in [5, 5.41) is 10.3. The third-order valence-corrected chi connectivity index (χ3v) is 4.24. The number of fused-ring (bicyclic) bond motifs is 1. The van der Waals surface area contributed by atoms with Crippen LogP contribution in [0.2, 0.25) is 0 Å². The van der Waals surface area contributed by atoms with Crippen LogP contribution in [0.5, 0.6) is 11.5 Å². The Morgan fingerprint density at radius 3 is 2.09 bits per heavy atom. The molecule has 23 heavy (non-hydrogen) atoms. The summed E-state index contributed by atoms with van der Waals surface area (Å²) in [4.78, 5) is 0. The van der Waals surface area contributed by atoms with Gasteiger partial charge in [-0.3, -0.25) is 4.55 Å². The van der Waals surface area contributed by atoms with E-state index in [1.807, 2.05) is 0 Å². The summed E-state index contributed by atoms with van der Waals surface area (Å²) in [5.74, 6) is -0.310. The van der Waals surface area contributed by atoms with Crippen molar-refractivity contribution >= 4 is 31.6 Å². The first-order valence-electron chi connectivity index (χ1n) is 5.43. The van der Waals surface area contributed by atoms with Crippen molar-refractivity contribution < 1.29 is 140 Å². The van der Waals surface area contributed by atoms with Crippen molar-refractivity contribution in [2.75, 3.05) is 0 Å². The van der Waals surface area contributed by atoms with Gasteiger partial charge in [-0.25, -0.2) is 0 Å². The summed E-state index contributed by atoms with van der Waals surface area (Å²) in [7, 11) is -10.3. The quantitative estimate of drug-likeness (QED) is 0.379. The molecule has 0 atom stereocenters. The van der Waals surface area contributed by atoms with E-state index < -0.39 is 20.8 Å². The van der Waals surface area contributed by atoms with Crippen molar-refractivity contribution in [3.63, 3.8) is 0 Å². The zero-order chi connectivity index (χ0) is 15.8. The molecule has 0 bridgehead atoms. The van der Waals surface area contributed by atoms with E-state index in [1.54, 1.807) is 12.1 Å². The van der Waals surface area contributed by atoms with Gasteiger partial charge in [-0.2, -0.15) is 16.8 Å². The smallest absolute Gasteiger partial charge is 1.00 e. The third kappa shape index (κ3) is 6.90. The van der Waals surface area contributed by atoms with Crippen LogP contribution in [0.3, 0.4) is 0 Å². The molecule has 0 saturated carbocycles. The Bertz CT molecular complexity index is 919. The van der Waals surface area contributed by atoms with Crippen LogP contribution < -0.4 is 107 Å². The average Bonchev–Trinajstić information content (AvgIpc) is 2.31. The van der Waals surface area contributed by atoms with Crippen LogP contribution in [0.25, 0.3) is 10.8 Å².